The molecule has 1 atom stereocenters. The van der Waals surface area contributed by atoms with Gasteiger partial charge in [0.25, 0.3) is 0 Å². The van der Waals surface area contributed by atoms with Gasteiger partial charge in [0.15, 0.2) is 0 Å². The van der Waals surface area contributed by atoms with E-state index in [0.717, 1.165) is 19.7 Å². The van der Waals surface area contributed by atoms with Crippen molar-refractivity contribution in [3.63, 3.8) is 0 Å². The highest BCUT2D eigenvalue weighted by Crippen LogP contribution is 2.13. The van der Waals surface area contributed by atoms with Gasteiger partial charge in [-0.1, -0.05) is 5.16 Å². The molecule has 0 aromatic carbocycles. The van der Waals surface area contributed by atoms with Crippen LogP contribution in [0.15, 0.2) is 23.1 Å². The molecule has 2 aromatic rings. The van der Waals surface area contributed by atoms with E-state index in [1.54, 1.807) is 18.6 Å². The van der Waals surface area contributed by atoms with E-state index in [0.29, 0.717) is 23.8 Å². The zero-order valence-corrected chi connectivity index (χ0v) is 9.74. The summed E-state index contributed by atoms with van der Waals surface area (Å²) in [6.07, 6.45) is 5.51. The maximum absolute atomic E-state index is 5.58. The topological polar surface area (TPSA) is 86.0 Å². The molecule has 1 aliphatic rings. The van der Waals surface area contributed by atoms with Crippen LogP contribution in [0.4, 0.5) is 0 Å². The van der Waals surface area contributed by atoms with Gasteiger partial charge in [-0.25, -0.2) is 4.98 Å². The fraction of sp³-hybridized carbons (Fsp3) is 0.455. The molecule has 7 nitrogen and oxygen atoms in total. The SMILES string of the molecule is c1cnc(-c2noc(CC3CNCCO3)n2)cn1. The predicted molar refractivity (Wildman–Crippen MR) is 61.6 cm³/mol. The quantitative estimate of drug-likeness (QED) is 0.820. The highest BCUT2D eigenvalue weighted by Gasteiger charge is 2.18. The minimum atomic E-state index is 0.0916. The third-order valence-corrected chi connectivity index (χ3v) is 2.67. The molecule has 0 aliphatic carbocycles. The Kier molecular flexibility index (Phi) is 3.24. The average Bonchev–Trinajstić information content (AvgIpc) is 2.89. The number of hydrogen-bond acceptors (Lipinski definition) is 7. The second-order valence-corrected chi connectivity index (χ2v) is 4.00. The van der Waals surface area contributed by atoms with E-state index in [1.807, 2.05) is 0 Å². The van der Waals surface area contributed by atoms with E-state index < -0.39 is 0 Å². The predicted octanol–water partition coefficient (Wildman–Crippen LogP) is 0.0575. The summed E-state index contributed by atoms with van der Waals surface area (Å²) < 4.78 is 10.8. The van der Waals surface area contributed by atoms with Gasteiger partial charge in [-0.3, -0.25) is 4.98 Å². The van der Waals surface area contributed by atoms with Gasteiger partial charge in [0.2, 0.25) is 11.7 Å². The van der Waals surface area contributed by atoms with Crippen molar-refractivity contribution in [2.24, 2.45) is 0 Å². The van der Waals surface area contributed by atoms with Gasteiger partial charge in [0.05, 0.1) is 25.3 Å². The lowest BCUT2D eigenvalue weighted by molar-refractivity contribution is 0.0246. The highest BCUT2D eigenvalue weighted by molar-refractivity contribution is 5.45. The molecule has 94 valence electrons. The van der Waals surface area contributed by atoms with Gasteiger partial charge < -0.3 is 14.6 Å². The number of aromatic nitrogens is 4. The summed E-state index contributed by atoms with van der Waals surface area (Å²) in [6.45, 7) is 2.42. The molecule has 0 bridgehead atoms. The third-order valence-electron chi connectivity index (χ3n) is 2.67. The molecular formula is C11H13N5O2. The van der Waals surface area contributed by atoms with Gasteiger partial charge >= 0.3 is 0 Å². The lowest BCUT2D eigenvalue weighted by Gasteiger charge is -2.21. The Morgan fingerprint density at radius 1 is 1.39 bits per heavy atom. The van der Waals surface area contributed by atoms with Crippen LogP contribution >= 0.6 is 0 Å². The Hall–Kier alpha value is -1.86. The Bertz CT molecular complexity index is 495. The Morgan fingerprint density at radius 3 is 3.17 bits per heavy atom. The van der Waals surface area contributed by atoms with Crippen LogP contribution in [0.2, 0.25) is 0 Å². The first-order valence-electron chi connectivity index (χ1n) is 5.83. The van der Waals surface area contributed by atoms with Gasteiger partial charge in [-0.15, -0.1) is 0 Å². The minimum Gasteiger partial charge on any atom is -0.375 e. The lowest BCUT2D eigenvalue weighted by Crippen LogP contribution is -2.39. The van der Waals surface area contributed by atoms with Gasteiger partial charge in [0, 0.05) is 25.5 Å². The van der Waals surface area contributed by atoms with Crippen LogP contribution in [0.1, 0.15) is 5.89 Å². The molecule has 1 unspecified atom stereocenters. The van der Waals surface area contributed by atoms with Crippen molar-refractivity contribution in [1.29, 1.82) is 0 Å². The largest absolute Gasteiger partial charge is 0.375 e. The van der Waals surface area contributed by atoms with E-state index >= 15 is 0 Å². The average molecular weight is 247 g/mol. The summed E-state index contributed by atoms with van der Waals surface area (Å²) in [4.78, 5) is 12.4. The van der Waals surface area contributed by atoms with Crippen LogP contribution in [0.3, 0.4) is 0 Å². The summed E-state index contributed by atoms with van der Waals surface area (Å²) in [5.74, 6) is 1.02. The second-order valence-electron chi connectivity index (χ2n) is 4.00. The van der Waals surface area contributed by atoms with Crippen molar-refractivity contribution in [2.45, 2.75) is 12.5 Å². The summed E-state index contributed by atoms with van der Waals surface area (Å²) in [5.41, 5.74) is 0.607. The standard InChI is InChI=1S/C11H13N5O2/c1-2-14-9(7-12-1)11-15-10(18-16-11)5-8-6-13-3-4-17-8/h1-2,7-8,13H,3-6H2. The first kappa shape index (κ1) is 11.2. The second kappa shape index (κ2) is 5.19. The van der Waals surface area contributed by atoms with Crippen molar-refractivity contribution in [1.82, 2.24) is 25.4 Å². The number of morpholine rings is 1. The number of hydrogen-bond donors (Lipinski definition) is 1. The molecule has 3 heterocycles. The Balaban J connectivity index is 1.69. The van der Waals surface area contributed by atoms with Crippen LogP contribution in [-0.2, 0) is 11.2 Å². The van der Waals surface area contributed by atoms with Crippen LogP contribution in [-0.4, -0.2) is 45.9 Å². The van der Waals surface area contributed by atoms with Crippen LogP contribution in [0.25, 0.3) is 11.5 Å². The van der Waals surface area contributed by atoms with Crippen LogP contribution in [0.5, 0.6) is 0 Å². The maximum Gasteiger partial charge on any atom is 0.229 e. The van der Waals surface area contributed by atoms with E-state index in [1.165, 1.54) is 0 Å². The number of ether oxygens (including phenoxy) is 1. The Morgan fingerprint density at radius 2 is 2.39 bits per heavy atom. The zero-order chi connectivity index (χ0) is 12.2. The molecule has 0 spiro atoms. The fourth-order valence-corrected chi connectivity index (χ4v) is 1.80. The smallest absolute Gasteiger partial charge is 0.229 e. The Labute approximate surface area is 104 Å². The van der Waals surface area contributed by atoms with E-state index in [4.69, 9.17) is 9.26 Å². The molecule has 1 fully saturated rings. The van der Waals surface area contributed by atoms with Crippen LogP contribution in [0, 0.1) is 0 Å². The van der Waals surface area contributed by atoms with Gasteiger partial charge in [0.1, 0.15) is 5.69 Å². The van der Waals surface area contributed by atoms with Crippen LogP contribution < -0.4 is 5.32 Å². The summed E-state index contributed by atoms with van der Waals surface area (Å²) in [6, 6.07) is 0. The zero-order valence-electron chi connectivity index (χ0n) is 9.74. The minimum absolute atomic E-state index is 0.0916. The van der Waals surface area contributed by atoms with Gasteiger partial charge in [-0.05, 0) is 0 Å². The van der Waals surface area contributed by atoms with Crippen molar-refractivity contribution >= 4 is 0 Å². The molecule has 7 heteroatoms. The molecule has 3 rings (SSSR count). The fourth-order valence-electron chi connectivity index (χ4n) is 1.80. The molecule has 2 aromatic heterocycles. The molecule has 1 N–H and O–H groups in total. The highest BCUT2D eigenvalue weighted by atomic mass is 16.5. The number of nitrogens with one attached hydrogen (secondary N) is 1. The summed E-state index contributed by atoms with van der Waals surface area (Å²) in [7, 11) is 0. The molecule has 0 saturated carbocycles. The molecule has 1 saturated heterocycles. The van der Waals surface area contributed by atoms with E-state index in [2.05, 4.69) is 25.4 Å². The number of nitrogens with zero attached hydrogens (tertiary/aromatic N) is 4. The van der Waals surface area contributed by atoms with E-state index in [-0.39, 0.29) is 6.10 Å². The molecule has 1 aliphatic heterocycles. The molecule has 18 heavy (non-hydrogen) atoms. The van der Waals surface area contributed by atoms with Crippen molar-refractivity contribution in [2.75, 3.05) is 19.7 Å². The lowest BCUT2D eigenvalue weighted by atomic mass is 10.2. The third kappa shape index (κ3) is 2.52. The van der Waals surface area contributed by atoms with E-state index in [9.17, 15) is 0 Å². The summed E-state index contributed by atoms with van der Waals surface area (Å²) in [5, 5.41) is 7.14. The normalized spacial score (nSPS) is 19.9. The summed E-state index contributed by atoms with van der Waals surface area (Å²) >= 11 is 0. The monoisotopic (exact) mass is 247 g/mol. The first-order valence-corrected chi connectivity index (χ1v) is 5.83. The molecule has 0 amide bonds. The first-order chi connectivity index (χ1) is 8.92. The maximum atomic E-state index is 5.58. The van der Waals surface area contributed by atoms with Crippen molar-refractivity contribution in [3.05, 3.63) is 24.5 Å². The number of rotatable bonds is 3. The van der Waals surface area contributed by atoms with Gasteiger partial charge in [-0.2, -0.15) is 4.98 Å². The molecule has 0 radical (unpaired) electrons. The molecular weight excluding hydrogens is 234 g/mol. The van der Waals surface area contributed by atoms with Crippen molar-refractivity contribution in [3.8, 4) is 11.5 Å². The van der Waals surface area contributed by atoms with Crippen molar-refractivity contribution < 1.29 is 9.26 Å².